The van der Waals surface area contributed by atoms with Gasteiger partial charge in [-0.25, -0.2) is 0 Å². The maximum absolute atomic E-state index is 5.17. The van der Waals surface area contributed by atoms with Crippen molar-refractivity contribution in [2.75, 3.05) is 7.11 Å². The normalized spacial score (nSPS) is 21.0. The molecule has 0 saturated heterocycles. The van der Waals surface area contributed by atoms with E-state index in [1.807, 2.05) is 0 Å². The van der Waals surface area contributed by atoms with E-state index < -0.39 is 0 Å². The number of methoxy groups -OCH3 is 1. The molecule has 15 heavy (non-hydrogen) atoms. The number of allylic oxidation sites excluding steroid dienone is 2. The van der Waals surface area contributed by atoms with Crippen LogP contribution in [0.15, 0.2) is 36.4 Å². The average Bonchev–Trinajstić information content (AvgIpc) is 2.58. The molecule has 1 unspecified atom stereocenters. The van der Waals surface area contributed by atoms with Crippen LogP contribution in [0.4, 0.5) is 0 Å². The van der Waals surface area contributed by atoms with E-state index in [0.717, 1.165) is 5.75 Å². The molecule has 1 aliphatic carbocycles. The highest BCUT2D eigenvalue weighted by atomic mass is 16.5. The van der Waals surface area contributed by atoms with Gasteiger partial charge in [-0.1, -0.05) is 24.3 Å². The van der Waals surface area contributed by atoms with Crippen LogP contribution in [-0.2, 0) is 0 Å². The monoisotopic (exact) mass is 202 g/mol. The molecule has 0 heterocycles. The van der Waals surface area contributed by atoms with Crippen molar-refractivity contribution in [3.05, 3.63) is 42.0 Å². The molecule has 0 bridgehead atoms. The Kier molecular flexibility index (Phi) is 3.44. The number of ether oxygens (including phenoxy) is 1. The molecule has 1 heteroatoms. The fraction of sp³-hybridized carbons (Fsp3) is 0.429. The van der Waals surface area contributed by atoms with Crippen LogP contribution in [0.1, 0.15) is 37.2 Å². The van der Waals surface area contributed by atoms with Crippen LogP contribution in [-0.4, -0.2) is 7.11 Å². The van der Waals surface area contributed by atoms with Crippen molar-refractivity contribution in [2.45, 2.75) is 31.6 Å². The Morgan fingerprint density at radius 2 is 1.93 bits per heavy atom. The van der Waals surface area contributed by atoms with E-state index in [2.05, 4.69) is 36.4 Å². The Bertz CT molecular complexity index is 324. The third-order valence-corrected chi connectivity index (χ3v) is 3.10. The summed E-state index contributed by atoms with van der Waals surface area (Å²) in [6, 6.07) is 8.51. The van der Waals surface area contributed by atoms with E-state index in [4.69, 9.17) is 4.74 Å². The molecule has 1 aromatic carbocycles. The van der Waals surface area contributed by atoms with Gasteiger partial charge in [-0.2, -0.15) is 0 Å². The summed E-state index contributed by atoms with van der Waals surface area (Å²) in [7, 11) is 1.71. The molecule has 1 aliphatic rings. The average molecular weight is 202 g/mol. The molecule has 0 spiro atoms. The van der Waals surface area contributed by atoms with Gasteiger partial charge < -0.3 is 4.74 Å². The van der Waals surface area contributed by atoms with Crippen molar-refractivity contribution < 1.29 is 4.74 Å². The summed E-state index contributed by atoms with van der Waals surface area (Å²) in [4.78, 5) is 0. The van der Waals surface area contributed by atoms with E-state index in [9.17, 15) is 0 Å². The van der Waals surface area contributed by atoms with E-state index in [1.165, 1.54) is 31.2 Å². The summed E-state index contributed by atoms with van der Waals surface area (Å²) < 4.78 is 5.17. The van der Waals surface area contributed by atoms with Crippen LogP contribution in [0.3, 0.4) is 0 Å². The molecule has 0 radical (unpaired) electrons. The van der Waals surface area contributed by atoms with Crippen LogP contribution < -0.4 is 4.74 Å². The lowest BCUT2D eigenvalue weighted by molar-refractivity contribution is 0.414. The molecule has 0 saturated carbocycles. The summed E-state index contributed by atoms with van der Waals surface area (Å²) in [5.74, 6) is 1.65. The van der Waals surface area contributed by atoms with Gasteiger partial charge in [0.25, 0.3) is 0 Å². The predicted molar refractivity (Wildman–Crippen MR) is 63.3 cm³/mol. The predicted octanol–water partition coefficient (Wildman–Crippen LogP) is 3.91. The van der Waals surface area contributed by atoms with E-state index in [0.29, 0.717) is 5.92 Å². The van der Waals surface area contributed by atoms with Gasteiger partial charge in [0, 0.05) is 0 Å². The van der Waals surface area contributed by atoms with Crippen molar-refractivity contribution in [1.82, 2.24) is 0 Å². The zero-order chi connectivity index (χ0) is 10.5. The smallest absolute Gasteiger partial charge is 0.118 e. The first-order valence-electron chi connectivity index (χ1n) is 5.69. The first-order chi connectivity index (χ1) is 7.40. The summed E-state index contributed by atoms with van der Waals surface area (Å²) in [6.45, 7) is 0. The highest BCUT2D eigenvalue weighted by Gasteiger charge is 2.11. The van der Waals surface area contributed by atoms with Crippen molar-refractivity contribution in [2.24, 2.45) is 0 Å². The molecular formula is C14H18O. The molecule has 0 aromatic heterocycles. The largest absolute Gasteiger partial charge is 0.497 e. The van der Waals surface area contributed by atoms with Gasteiger partial charge in [0.15, 0.2) is 0 Å². The molecule has 0 aliphatic heterocycles. The van der Waals surface area contributed by atoms with Gasteiger partial charge in [0.1, 0.15) is 5.75 Å². The fourth-order valence-electron chi connectivity index (χ4n) is 2.16. The zero-order valence-electron chi connectivity index (χ0n) is 9.28. The highest BCUT2D eigenvalue weighted by molar-refractivity contribution is 5.29. The number of hydrogen-bond acceptors (Lipinski definition) is 1. The quantitative estimate of drug-likeness (QED) is 0.661. The van der Waals surface area contributed by atoms with Crippen LogP contribution in [0.2, 0.25) is 0 Å². The summed E-state index contributed by atoms with van der Waals surface area (Å²) in [6.07, 6.45) is 9.68. The van der Waals surface area contributed by atoms with Crippen LogP contribution in [0.5, 0.6) is 5.75 Å². The Morgan fingerprint density at radius 1 is 1.13 bits per heavy atom. The first kappa shape index (κ1) is 10.3. The SMILES string of the molecule is COc1ccc(C2CC=CCCC2)cc1. The lowest BCUT2D eigenvalue weighted by atomic mass is 9.92. The third-order valence-electron chi connectivity index (χ3n) is 3.10. The maximum atomic E-state index is 5.17. The van der Waals surface area contributed by atoms with Gasteiger partial charge in [-0.15, -0.1) is 0 Å². The van der Waals surface area contributed by atoms with Gasteiger partial charge in [0.2, 0.25) is 0 Å². The lowest BCUT2D eigenvalue weighted by Gasteiger charge is -2.14. The summed E-state index contributed by atoms with van der Waals surface area (Å²) in [5.41, 5.74) is 1.45. The van der Waals surface area contributed by atoms with Gasteiger partial charge >= 0.3 is 0 Å². The van der Waals surface area contributed by atoms with Crippen LogP contribution >= 0.6 is 0 Å². The highest BCUT2D eigenvalue weighted by Crippen LogP contribution is 2.29. The minimum absolute atomic E-state index is 0.703. The van der Waals surface area contributed by atoms with Crippen LogP contribution in [0, 0.1) is 0 Å². The Hall–Kier alpha value is -1.24. The Balaban J connectivity index is 2.10. The van der Waals surface area contributed by atoms with Crippen molar-refractivity contribution in [3.8, 4) is 5.75 Å². The van der Waals surface area contributed by atoms with E-state index in [1.54, 1.807) is 7.11 Å². The molecule has 0 N–H and O–H groups in total. The third kappa shape index (κ3) is 2.62. The fourth-order valence-corrected chi connectivity index (χ4v) is 2.16. The Labute approximate surface area is 91.8 Å². The second kappa shape index (κ2) is 5.01. The molecule has 80 valence electrons. The second-order valence-electron chi connectivity index (χ2n) is 4.11. The molecule has 1 nitrogen and oxygen atoms in total. The minimum Gasteiger partial charge on any atom is -0.497 e. The molecule has 1 aromatic rings. The maximum Gasteiger partial charge on any atom is 0.118 e. The molecule has 2 rings (SSSR count). The van der Waals surface area contributed by atoms with Crippen molar-refractivity contribution in [3.63, 3.8) is 0 Å². The second-order valence-corrected chi connectivity index (χ2v) is 4.11. The minimum atomic E-state index is 0.703. The molecule has 0 amide bonds. The zero-order valence-corrected chi connectivity index (χ0v) is 9.28. The number of rotatable bonds is 2. The van der Waals surface area contributed by atoms with Crippen LogP contribution in [0.25, 0.3) is 0 Å². The van der Waals surface area contributed by atoms with Gasteiger partial charge in [-0.3, -0.25) is 0 Å². The molecule has 1 atom stereocenters. The van der Waals surface area contributed by atoms with E-state index in [-0.39, 0.29) is 0 Å². The van der Waals surface area contributed by atoms with Gasteiger partial charge in [0.05, 0.1) is 7.11 Å². The summed E-state index contributed by atoms with van der Waals surface area (Å²) >= 11 is 0. The lowest BCUT2D eigenvalue weighted by Crippen LogP contribution is -1.96. The molecular weight excluding hydrogens is 184 g/mol. The standard InChI is InChI=1S/C14H18O/c1-15-14-10-8-13(9-11-14)12-6-4-2-3-5-7-12/h2,4,8-12H,3,5-7H2,1H3. The first-order valence-corrected chi connectivity index (χ1v) is 5.69. The Morgan fingerprint density at radius 3 is 2.67 bits per heavy atom. The van der Waals surface area contributed by atoms with Crippen molar-refractivity contribution in [1.29, 1.82) is 0 Å². The van der Waals surface area contributed by atoms with E-state index >= 15 is 0 Å². The molecule has 0 fully saturated rings. The number of benzene rings is 1. The van der Waals surface area contributed by atoms with Crippen molar-refractivity contribution >= 4 is 0 Å². The summed E-state index contributed by atoms with van der Waals surface area (Å²) in [5, 5.41) is 0. The topological polar surface area (TPSA) is 9.23 Å². The number of hydrogen-bond donors (Lipinski definition) is 0. The van der Waals surface area contributed by atoms with Gasteiger partial charge in [-0.05, 0) is 49.3 Å².